The van der Waals surface area contributed by atoms with Crippen LogP contribution in [0.3, 0.4) is 0 Å². The van der Waals surface area contributed by atoms with E-state index in [1.54, 1.807) is 0 Å². The molecule has 0 saturated carbocycles. The lowest BCUT2D eigenvalue weighted by Crippen LogP contribution is -2.43. The maximum atomic E-state index is 14.3. The van der Waals surface area contributed by atoms with Crippen molar-refractivity contribution < 1.29 is 17.9 Å². The molecule has 1 heterocycles. The first-order valence-corrected chi connectivity index (χ1v) is 9.25. The summed E-state index contributed by atoms with van der Waals surface area (Å²) in [7, 11) is -3.89. The van der Waals surface area contributed by atoms with E-state index in [0.29, 0.717) is 17.4 Å². The lowest BCUT2D eigenvalue weighted by Gasteiger charge is -2.34. The predicted molar refractivity (Wildman–Crippen MR) is 81.8 cm³/mol. The Morgan fingerprint density at radius 3 is 2.76 bits per heavy atom. The van der Waals surface area contributed by atoms with Gasteiger partial charge in [-0.2, -0.15) is 4.31 Å². The quantitative estimate of drug-likeness (QED) is 0.874. The summed E-state index contributed by atoms with van der Waals surface area (Å²) < 4.78 is 41.8. The van der Waals surface area contributed by atoms with Crippen molar-refractivity contribution >= 4 is 26.0 Å². The van der Waals surface area contributed by atoms with Crippen LogP contribution < -0.4 is 0 Å². The van der Waals surface area contributed by atoms with Gasteiger partial charge in [0.1, 0.15) is 10.7 Å². The lowest BCUT2D eigenvalue weighted by atomic mass is 10.0. The molecule has 1 atom stereocenters. The molecule has 0 radical (unpaired) electrons. The Hall–Kier alpha value is -0.500. The number of aliphatic hydroxyl groups is 1. The van der Waals surface area contributed by atoms with Crippen molar-refractivity contribution in [2.45, 2.75) is 50.2 Å². The molecule has 0 aromatic heterocycles. The zero-order valence-electron chi connectivity index (χ0n) is 11.8. The average molecular weight is 380 g/mol. The number of benzene rings is 1. The summed E-state index contributed by atoms with van der Waals surface area (Å²) in [6, 6.07) is 2.58. The summed E-state index contributed by atoms with van der Waals surface area (Å²) in [6.07, 6.45) is 3.30. The zero-order valence-corrected chi connectivity index (χ0v) is 14.3. The molecule has 21 heavy (non-hydrogen) atoms. The molecule has 1 fully saturated rings. The van der Waals surface area contributed by atoms with Gasteiger partial charge in [-0.3, -0.25) is 0 Å². The number of piperidine rings is 1. The molecular formula is C14H19BrFNO3S. The topological polar surface area (TPSA) is 57.6 Å². The molecule has 0 aliphatic carbocycles. The fourth-order valence-corrected chi connectivity index (χ4v) is 5.31. The Bertz CT molecular complexity index is 621. The van der Waals surface area contributed by atoms with Gasteiger partial charge in [-0.25, -0.2) is 12.8 Å². The van der Waals surface area contributed by atoms with Gasteiger partial charge < -0.3 is 5.11 Å². The summed E-state index contributed by atoms with van der Waals surface area (Å²) in [5.74, 6) is -0.860. The first kappa shape index (κ1) is 16.9. The molecule has 0 amide bonds. The van der Waals surface area contributed by atoms with E-state index in [0.717, 1.165) is 19.3 Å². The van der Waals surface area contributed by atoms with E-state index in [9.17, 15) is 17.9 Å². The fourth-order valence-electron chi connectivity index (χ4n) is 2.75. The highest BCUT2D eigenvalue weighted by Crippen LogP contribution is 2.31. The SMILES string of the molecule is CCC1CCCCN1S(=O)(=O)c1cc(Br)cc(CO)c1F. The van der Waals surface area contributed by atoms with Crippen molar-refractivity contribution in [3.63, 3.8) is 0 Å². The van der Waals surface area contributed by atoms with Gasteiger partial charge in [-0.15, -0.1) is 0 Å². The molecular weight excluding hydrogens is 361 g/mol. The van der Waals surface area contributed by atoms with Crippen LogP contribution in [0, 0.1) is 5.82 Å². The van der Waals surface area contributed by atoms with Crippen molar-refractivity contribution in [2.75, 3.05) is 6.54 Å². The number of nitrogens with zero attached hydrogens (tertiary/aromatic N) is 1. The first-order chi connectivity index (χ1) is 9.91. The minimum atomic E-state index is -3.89. The largest absolute Gasteiger partial charge is 0.392 e. The number of halogens is 2. The van der Waals surface area contributed by atoms with Gasteiger partial charge in [0.2, 0.25) is 10.0 Å². The van der Waals surface area contributed by atoms with Crippen LogP contribution in [0.5, 0.6) is 0 Å². The molecule has 1 aliphatic rings. The molecule has 1 saturated heterocycles. The highest BCUT2D eigenvalue weighted by Gasteiger charge is 2.35. The highest BCUT2D eigenvalue weighted by atomic mass is 79.9. The molecule has 0 bridgehead atoms. The molecule has 1 unspecified atom stereocenters. The maximum Gasteiger partial charge on any atom is 0.246 e. The second-order valence-corrected chi connectivity index (χ2v) is 7.98. The normalized spacial score (nSPS) is 20.7. The van der Waals surface area contributed by atoms with E-state index < -0.39 is 22.4 Å². The van der Waals surface area contributed by atoms with Crippen molar-refractivity contribution in [1.82, 2.24) is 4.31 Å². The van der Waals surface area contributed by atoms with Crippen LogP contribution in [0.15, 0.2) is 21.5 Å². The Labute approximate surface area is 133 Å². The van der Waals surface area contributed by atoms with Crippen LogP contribution >= 0.6 is 15.9 Å². The predicted octanol–water partition coefficient (Wildman–Crippen LogP) is 3.03. The Balaban J connectivity index is 2.50. The molecule has 1 aromatic rings. The van der Waals surface area contributed by atoms with Gasteiger partial charge in [0.15, 0.2) is 0 Å². The average Bonchev–Trinajstić information content (AvgIpc) is 2.48. The molecule has 4 nitrogen and oxygen atoms in total. The van der Waals surface area contributed by atoms with E-state index in [-0.39, 0.29) is 16.5 Å². The number of hydrogen-bond acceptors (Lipinski definition) is 3. The third-order valence-electron chi connectivity index (χ3n) is 3.88. The zero-order chi connectivity index (χ0) is 15.6. The lowest BCUT2D eigenvalue weighted by molar-refractivity contribution is 0.245. The van der Waals surface area contributed by atoms with Crippen molar-refractivity contribution in [3.8, 4) is 0 Å². The number of sulfonamides is 1. The van der Waals surface area contributed by atoms with E-state index in [4.69, 9.17) is 0 Å². The number of hydrogen-bond donors (Lipinski definition) is 1. The van der Waals surface area contributed by atoms with Crippen LogP contribution in [-0.2, 0) is 16.6 Å². The van der Waals surface area contributed by atoms with E-state index in [1.165, 1.54) is 16.4 Å². The molecule has 1 aromatic carbocycles. The molecule has 1 N–H and O–H groups in total. The number of aliphatic hydroxyl groups excluding tert-OH is 1. The molecule has 1 aliphatic heterocycles. The third-order valence-corrected chi connectivity index (χ3v) is 6.29. The molecule has 0 spiro atoms. The Morgan fingerprint density at radius 2 is 2.14 bits per heavy atom. The smallest absolute Gasteiger partial charge is 0.246 e. The molecule has 2 rings (SSSR count). The van der Waals surface area contributed by atoms with E-state index in [1.807, 2.05) is 6.92 Å². The first-order valence-electron chi connectivity index (χ1n) is 7.02. The van der Waals surface area contributed by atoms with Gasteiger partial charge in [0.05, 0.1) is 6.61 Å². The fraction of sp³-hybridized carbons (Fsp3) is 0.571. The van der Waals surface area contributed by atoms with E-state index >= 15 is 0 Å². The van der Waals surface area contributed by atoms with Crippen molar-refractivity contribution in [3.05, 3.63) is 28.0 Å². The Kier molecular flexibility index (Phi) is 5.40. The van der Waals surface area contributed by atoms with Crippen LogP contribution in [-0.4, -0.2) is 30.4 Å². The van der Waals surface area contributed by atoms with Crippen molar-refractivity contribution in [1.29, 1.82) is 0 Å². The highest BCUT2D eigenvalue weighted by molar-refractivity contribution is 9.10. The standard InChI is InChI=1S/C14H19BrFNO3S/c1-2-12-5-3-4-6-17(12)21(19,20)13-8-11(15)7-10(9-18)14(13)16/h7-8,12,18H,2-6,9H2,1H3. The van der Waals surface area contributed by atoms with Gasteiger partial charge >= 0.3 is 0 Å². The van der Waals surface area contributed by atoms with Gasteiger partial charge in [0.25, 0.3) is 0 Å². The minimum absolute atomic E-state index is 0.0204. The summed E-state index contributed by atoms with van der Waals surface area (Å²) >= 11 is 3.18. The van der Waals surface area contributed by atoms with Crippen LogP contribution in [0.1, 0.15) is 38.2 Å². The van der Waals surface area contributed by atoms with Gasteiger partial charge in [-0.1, -0.05) is 29.3 Å². The summed E-state index contributed by atoms with van der Waals surface area (Å²) in [5.41, 5.74) is -0.0204. The molecule has 7 heteroatoms. The van der Waals surface area contributed by atoms with Crippen molar-refractivity contribution in [2.24, 2.45) is 0 Å². The summed E-state index contributed by atoms with van der Waals surface area (Å²) in [5, 5.41) is 9.17. The van der Waals surface area contributed by atoms with Crippen LogP contribution in [0.4, 0.5) is 4.39 Å². The second-order valence-electron chi connectivity index (χ2n) is 5.21. The van der Waals surface area contributed by atoms with Crippen LogP contribution in [0.2, 0.25) is 0 Å². The summed E-state index contributed by atoms with van der Waals surface area (Å²) in [6.45, 7) is 1.82. The maximum absolute atomic E-state index is 14.3. The summed E-state index contributed by atoms with van der Waals surface area (Å²) in [4.78, 5) is -0.360. The molecule has 118 valence electrons. The second kappa shape index (κ2) is 6.73. The Morgan fingerprint density at radius 1 is 1.43 bits per heavy atom. The van der Waals surface area contributed by atoms with Gasteiger partial charge in [-0.05, 0) is 31.4 Å². The van der Waals surface area contributed by atoms with E-state index in [2.05, 4.69) is 15.9 Å². The monoisotopic (exact) mass is 379 g/mol. The minimum Gasteiger partial charge on any atom is -0.392 e. The van der Waals surface area contributed by atoms with Crippen LogP contribution in [0.25, 0.3) is 0 Å². The number of rotatable bonds is 4. The third kappa shape index (κ3) is 3.31. The van der Waals surface area contributed by atoms with Gasteiger partial charge in [0, 0.05) is 22.6 Å².